The third-order valence-corrected chi connectivity index (χ3v) is 3.28. The van der Waals surface area contributed by atoms with Crippen LogP contribution in [0.4, 0.5) is 5.69 Å². The van der Waals surface area contributed by atoms with E-state index in [4.69, 9.17) is 10.8 Å². The van der Waals surface area contributed by atoms with Gasteiger partial charge in [0.15, 0.2) is 0 Å². The van der Waals surface area contributed by atoms with Crippen molar-refractivity contribution in [3.8, 4) is 0 Å². The summed E-state index contributed by atoms with van der Waals surface area (Å²) in [6, 6.07) is 5.30. The van der Waals surface area contributed by atoms with Crippen LogP contribution in [0.2, 0.25) is 0 Å². The van der Waals surface area contributed by atoms with E-state index in [0.29, 0.717) is 17.8 Å². The molecule has 1 amide bonds. The molecule has 17 heavy (non-hydrogen) atoms. The summed E-state index contributed by atoms with van der Waals surface area (Å²) >= 11 is 0. The Kier molecular flexibility index (Phi) is 3.07. The summed E-state index contributed by atoms with van der Waals surface area (Å²) in [6.45, 7) is 2.59. The molecule has 0 spiro atoms. The highest BCUT2D eigenvalue weighted by molar-refractivity contribution is 5.95. The number of rotatable bonds is 4. The lowest BCUT2D eigenvalue weighted by atomic mass is 10.1. The Morgan fingerprint density at radius 2 is 2.18 bits per heavy atom. The van der Waals surface area contributed by atoms with Crippen LogP contribution in [0.5, 0.6) is 0 Å². The first-order chi connectivity index (χ1) is 8.04. The number of aryl methyl sites for hydroxylation is 1. The minimum absolute atomic E-state index is 0.0645. The van der Waals surface area contributed by atoms with Crippen molar-refractivity contribution in [1.82, 2.24) is 5.32 Å². The van der Waals surface area contributed by atoms with E-state index in [-0.39, 0.29) is 17.9 Å². The monoisotopic (exact) mass is 234 g/mol. The molecule has 4 heteroatoms. The molecule has 1 aromatic carbocycles. The van der Waals surface area contributed by atoms with Crippen LogP contribution in [0.25, 0.3) is 0 Å². The van der Waals surface area contributed by atoms with E-state index >= 15 is 0 Å². The normalized spacial score (nSPS) is 16.6. The zero-order valence-corrected chi connectivity index (χ0v) is 9.99. The van der Waals surface area contributed by atoms with Crippen molar-refractivity contribution in [3.05, 3.63) is 29.3 Å². The molecule has 1 fully saturated rings. The molecule has 4 nitrogen and oxygen atoms in total. The summed E-state index contributed by atoms with van der Waals surface area (Å²) in [5.41, 5.74) is 7.78. The van der Waals surface area contributed by atoms with Crippen LogP contribution < -0.4 is 11.1 Å². The molecule has 0 unspecified atom stereocenters. The molecule has 4 N–H and O–H groups in total. The third-order valence-electron chi connectivity index (χ3n) is 3.28. The van der Waals surface area contributed by atoms with Crippen molar-refractivity contribution in [2.45, 2.75) is 19.8 Å². The Morgan fingerprint density at radius 1 is 1.47 bits per heavy atom. The first-order valence-electron chi connectivity index (χ1n) is 5.81. The molecular formula is C13H18N2O2. The van der Waals surface area contributed by atoms with Crippen molar-refractivity contribution in [2.75, 3.05) is 18.9 Å². The molecule has 0 heterocycles. The van der Waals surface area contributed by atoms with Gasteiger partial charge in [0.1, 0.15) is 0 Å². The molecule has 2 rings (SSSR count). The van der Waals surface area contributed by atoms with E-state index in [1.807, 2.05) is 19.1 Å². The van der Waals surface area contributed by atoms with Gasteiger partial charge in [-0.25, -0.2) is 0 Å². The van der Waals surface area contributed by atoms with Gasteiger partial charge < -0.3 is 16.2 Å². The lowest BCUT2D eigenvalue weighted by molar-refractivity contribution is 0.0935. The van der Waals surface area contributed by atoms with Gasteiger partial charge in [0, 0.05) is 23.2 Å². The fraction of sp³-hybridized carbons (Fsp3) is 0.462. The predicted octanol–water partition coefficient (Wildman–Crippen LogP) is 1.08. The summed E-state index contributed by atoms with van der Waals surface area (Å²) in [7, 11) is 0. The molecular weight excluding hydrogens is 216 g/mol. The van der Waals surface area contributed by atoms with Gasteiger partial charge in [-0.2, -0.15) is 0 Å². The van der Waals surface area contributed by atoms with E-state index in [1.54, 1.807) is 6.07 Å². The average molecular weight is 234 g/mol. The molecule has 1 aromatic rings. The van der Waals surface area contributed by atoms with Crippen molar-refractivity contribution >= 4 is 11.6 Å². The number of carbonyl (C=O) groups is 1. The molecule has 92 valence electrons. The number of anilines is 1. The standard InChI is InChI=1S/C13H18N2O2/c1-9-4-10(6-11(14)5-9)12(17)15-7-13(8-16)2-3-13/h4-6,16H,2-3,7-8,14H2,1H3,(H,15,17). The van der Waals surface area contributed by atoms with E-state index in [0.717, 1.165) is 18.4 Å². The van der Waals surface area contributed by atoms with Gasteiger partial charge in [0.05, 0.1) is 6.61 Å². The maximum absolute atomic E-state index is 11.9. The number of nitrogens with two attached hydrogens (primary N) is 1. The summed E-state index contributed by atoms with van der Waals surface area (Å²) in [5, 5.41) is 12.0. The van der Waals surface area contributed by atoms with E-state index < -0.39 is 0 Å². The average Bonchev–Trinajstić information content (AvgIpc) is 3.05. The number of aliphatic hydroxyl groups is 1. The molecule has 1 aliphatic carbocycles. The number of nitrogens with one attached hydrogen (secondary N) is 1. The SMILES string of the molecule is Cc1cc(N)cc(C(=O)NCC2(CO)CC2)c1. The van der Waals surface area contributed by atoms with Crippen molar-refractivity contribution in [1.29, 1.82) is 0 Å². The number of hydrogen-bond acceptors (Lipinski definition) is 3. The second-order valence-electron chi connectivity index (χ2n) is 4.97. The maximum Gasteiger partial charge on any atom is 0.251 e. The number of aliphatic hydroxyl groups excluding tert-OH is 1. The van der Waals surface area contributed by atoms with Crippen LogP contribution in [0, 0.1) is 12.3 Å². The lowest BCUT2D eigenvalue weighted by Crippen LogP contribution is -2.31. The first kappa shape index (κ1) is 11.9. The van der Waals surface area contributed by atoms with Crippen molar-refractivity contribution < 1.29 is 9.90 Å². The fourth-order valence-electron chi connectivity index (χ4n) is 1.88. The van der Waals surface area contributed by atoms with Crippen molar-refractivity contribution in [3.63, 3.8) is 0 Å². The Hall–Kier alpha value is -1.55. The number of carbonyl (C=O) groups excluding carboxylic acids is 1. The van der Waals surface area contributed by atoms with Crippen LogP contribution in [0.1, 0.15) is 28.8 Å². The highest BCUT2D eigenvalue weighted by Gasteiger charge is 2.42. The highest BCUT2D eigenvalue weighted by atomic mass is 16.3. The molecule has 0 aromatic heterocycles. The number of amides is 1. The van der Waals surface area contributed by atoms with Gasteiger partial charge >= 0.3 is 0 Å². The maximum atomic E-state index is 11.9. The molecule has 0 bridgehead atoms. The molecule has 0 atom stereocenters. The first-order valence-corrected chi connectivity index (χ1v) is 5.81. The minimum atomic E-state index is -0.125. The zero-order chi connectivity index (χ0) is 12.5. The summed E-state index contributed by atoms with van der Waals surface area (Å²) in [5.74, 6) is -0.125. The molecule has 0 saturated heterocycles. The number of hydrogen-bond donors (Lipinski definition) is 3. The second kappa shape index (κ2) is 4.37. The number of benzene rings is 1. The Bertz CT molecular complexity index is 419. The predicted molar refractivity (Wildman–Crippen MR) is 66.7 cm³/mol. The smallest absolute Gasteiger partial charge is 0.251 e. The van der Waals surface area contributed by atoms with Gasteiger partial charge in [-0.05, 0) is 43.5 Å². The van der Waals surface area contributed by atoms with Crippen LogP contribution >= 0.6 is 0 Å². The largest absolute Gasteiger partial charge is 0.399 e. The lowest BCUT2D eigenvalue weighted by Gasteiger charge is -2.13. The van der Waals surface area contributed by atoms with Crippen molar-refractivity contribution in [2.24, 2.45) is 5.41 Å². The summed E-state index contributed by atoms with van der Waals surface area (Å²) in [6.07, 6.45) is 1.97. The Morgan fingerprint density at radius 3 is 2.71 bits per heavy atom. The topological polar surface area (TPSA) is 75.4 Å². The van der Waals surface area contributed by atoms with Crippen LogP contribution in [-0.2, 0) is 0 Å². The minimum Gasteiger partial charge on any atom is -0.399 e. The fourth-order valence-corrected chi connectivity index (χ4v) is 1.88. The molecule has 1 aliphatic rings. The van der Waals surface area contributed by atoms with Gasteiger partial charge in [0.25, 0.3) is 5.91 Å². The molecule has 0 aliphatic heterocycles. The van der Waals surface area contributed by atoms with E-state index in [1.165, 1.54) is 0 Å². The van der Waals surface area contributed by atoms with Crippen LogP contribution in [0.15, 0.2) is 18.2 Å². The molecule has 0 radical (unpaired) electrons. The summed E-state index contributed by atoms with van der Waals surface area (Å²) in [4.78, 5) is 11.9. The van der Waals surface area contributed by atoms with Gasteiger partial charge in [0.2, 0.25) is 0 Å². The van der Waals surface area contributed by atoms with Gasteiger partial charge in [-0.3, -0.25) is 4.79 Å². The van der Waals surface area contributed by atoms with Gasteiger partial charge in [-0.1, -0.05) is 0 Å². The second-order valence-corrected chi connectivity index (χ2v) is 4.97. The summed E-state index contributed by atoms with van der Waals surface area (Å²) < 4.78 is 0. The highest BCUT2D eigenvalue weighted by Crippen LogP contribution is 2.44. The third kappa shape index (κ3) is 2.77. The quantitative estimate of drug-likeness (QED) is 0.682. The van der Waals surface area contributed by atoms with Gasteiger partial charge in [-0.15, -0.1) is 0 Å². The number of nitrogen functional groups attached to an aromatic ring is 1. The molecule has 1 saturated carbocycles. The van der Waals surface area contributed by atoms with E-state index in [9.17, 15) is 4.79 Å². The van der Waals surface area contributed by atoms with Crippen LogP contribution in [0.3, 0.4) is 0 Å². The van der Waals surface area contributed by atoms with Crippen LogP contribution in [-0.4, -0.2) is 24.2 Å². The Labute approximate surface area is 101 Å². The Balaban J connectivity index is 1.99. The van der Waals surface area contributed by atoms with E-state index in [2.05, 4.69) is 5.32 Å². The zero-order valence-electron chi connectivity index (χ0n) is 9.99.